The monoisotopic (exact) mass is 714 g/mol. The number of unbranched alkanes of at least 4 members (excludes halogenated alkanes) is 10. The SMILES string of the molecule is CC/C=C/C=C/C=C/C=C/CCCCCC(=O)OC(COCCC(C(=O)[O-])[N+](C)(C)C)COC(=O)CCCCCCCCC/C=C/C/C=C/CC. The van der Waals surface area contributed by atoms with Gasteiger partial charge in [-0.3, -0.25) is 9.59 Å². The van der Waals surface area contributed by atoms with Crippen LogP contribution in [0.15, 0.2) is 72.9 Å². The lowest BCUT2D eigenvalue weighted by molar-refractivity contribution is -0.889. The van der Waals surface area contributed by atoms with Crippen LogP contribution in [-0.4, -0.2) is 75.5 Å². The molecule has 0 rings (SSSR count). The van der Waals surface area contributed by atoms with Crippen LogP contribution in [-0.2, 0) is 28.6 Å². The molecule has 0 aliphatic carbocycles. The first-order valence-corrected chi connectivity index (χ1v) is 19.5. The first-order valence-electron chi connectivity index (χ1n) is 19.5. The third kappa shape index (κ3) is 32.4. The molecule has 0 saturated heterocycles. The van der Waals surface area contributed by atoms with Gasteiger partial charge in [-0.05, 0) is 57.8 Å². The minimum absolute atomic E-state index is 0.0179. The lowest BCUT2D eigenvalue weighted by Crippen LogP contribution is -2.55. The van der Waals surface area contributed by atoms with Crippen LogP contribution in [0.4, 0.5) is 0 Å². The zero-order valence-electron chi connectivity index (χ0n) is 32.7. The Morgan fingerprint density at radius 3 is 1.76 bits per heavy atom. The zero-order chi connectivity index (χ0) is 37.8. The second kappa shape index (κ2) is 33.9. The average Bonchev–Trinajstić information content (AvgIpc) is 3.08. The summed E-state index contributed by atoms with van der Waals surface area (Å²) < 4.78 is 17.0. The van der Waals surface area contributed by atoms with Crippen molar-refractivity contribution in [1.82, 2.24) is 0 Å². The summed E-state index contributed by atoms with van der Waals surface area (Å²) >= 11 is 0. The second-order valence-corrected chi connectivity index (χ2v) is 13.8. The number of carboxylic acid groups (broad SMARTS) is 1. The topological polar surface area (TPSA) is 102 Å². The van der Waals surface area contributed by atoms with Gasteiger partial charge in [0.25, 0.3) is 0 Å². The van der Waals surface area contributed by atoms with Crippen molar-refractivity contribution in [2.75, 3.05) is 41.0 Å². The van der Waals surface area contributed by atoms with E-state index in [1.54, 1.807) is 21.1 Å². The van der Waals surface area contributed by atoms with E-state index in [-0.39, 0.29) is 49.1 Å². The van der Waals surface area contributed by atoms with E-state index >= 15 is 0 Å². The number of aliphatic carboxylic acids is 1. The Hall–Kier alpha value is -3.23. The van der Waals surface area contributed by atoms with Gasteiger partial charge in [-0.25, -0.2) is 0 Å². The van der Waals surface area contributed by atoms with E-state index in [1.807, 2.05) is 36.5 Å². The van der Waals surface area contributed by atoms with Crippen molar-refractivity contribution >= 4 is 17.9 Å². The average molecular weight is 714 g/mol. The third-order valence-corrected chi connectivity index (χ3v) is 8.18. The van der Waals surface area contributed by atoms with Gasteiger partial charge >= 0.3 is 11.9 Å². The number of ether oxygens (including phenoxy) is 3. The standard InChI is InChI=1S/C43H71NO7/c1-6-8-10-12-14-16-18-20-22-23-25-27-29-31-33-41(45)50-38-39(37-49-36-35-40(43(47)48)44(3,4)5)51-42(46)34-32-30-28-26-24-21-19-17-15-13-11-9-7-2/h8-11,13-17,19,21,24,39-40H,6-7,12,18,20,22-23,25-38H2,1-5H3/b10-8+,11-9+,15-13+,16-14+,19-17+,24-21+. The lowest BCUT2D eigenvalue weighted by atomic mass is 10.1. The second-order valence-electron chi connectivity index (χ2n) is 13.8. The molecule has 0 aromatic heterocycles. The predicted octanol–water partition coefficient (Wildman–Crippen LogP) is 8.68. The number of hydrogen-bond donors (Lipinski definition) is 0. The molecule has 51 heavy (non-hydrogen) atoms. The van der Waals surface area contributed by atoms with Gasteiger partial charge in [0.2, 0.25) is 0 Å². The van der Waals surface area contributed by atoms with Crippen LogP contribution in [0.5, 0.6) is 0 Å². The third-order valence-electron chi connectivity index (χ3n) is 8.18. The molecule has 0 aliphatic rings. The Kier molecular flexibility index (Phi) is 31.7. The van der Waals surface area contributed by atoms with Crippen LogP contribution in [0.2, 0.25) is 0 Å². The molecule has 0 amide bonds. The van der Waals surface area contributed by atoms with E-state index < -0.39 is 18.1 Å². The summed E-state index contributed by atoms with van der Waals surface area (Å²) in [5.74, 6) is -1.81. The molecule has 0 saturated carbocycles. The molecule has 2 unspecified atom stereocenters. The summed E-state index contributed by atoms with van der Waals surface area (Å²) in [5.41, 5.74) is 0. The van der Waals surface area contributed by atoms with Gasteiger partial charge in [-0.15, -0.1) is 0 Å². The van der Waals surface area contributed by atoms with Gasteiger partial charge in [-0.1, -0.05) is 125 Å². The molecule has 0 aromatic carbocycles. The van der Waals surface area contributed by atoms with Crippen molar-refractivity contribution in [2.45, 2.75) is 142 Å². The van der Waals surface area contributed by atoms with Crippen molar-refractivity contribution in [1.29, 1.82) is 0 Å². The maximum absolute atomic E-state index is 12.6. The molecule has 0 spiro atoms. The summed E-state index contributed by atoms with van der Waals surface area (Å²) in [7, 11) is 5.37. The molecule has 290 valence electrons. The fraction of sp³-hybridized carbons (Fsp3) is 0.651. The van der Waals surface area contributed by atoms with Crippen molar-refractivity contribution < 1.29 is 38.2 Å². The van der Waals surface area contributed by atoms with Crippen LogP contribution in [0.25, 0.3) is 0 Å². The van der Waals surface area contributed by atoms with E-state index in [2.05, 4.69) is 50.3 Å². The van der Waals surface area contributed by atoms with Crippen LogP contribution >= 0.6 is 0 Å². The van der Waals surface area contributed by atoms with Crippen LogP contribution in [0.3, 0.4) is 0 Å². The predicted molar refractivity (Wildman–Crippen MR) is 208 cm³/mol. The van der Waals surface area contributed by atoms with Crippen molar-refractivity contribution in [3.8, 4) is 0 Å². The summed E-state index contributed by atoms with van der Waals surface area (Å²) in [6, 6.07) is -0.736. The number of likely N-dealkylation sites (N-methyl/N-ethyl adjacent to an activating group) is 1. The number of hydrogen-bond acceptors (Lipinski definition) is 7. The number of carbonyl (C=O) groups excluding carboxylic acids is 3. The van der Waals surface area contributed by atoms with Crippen molar-refractivity contribution in [3.63, 3.8) is 0 Å². The Balaban J connectivity index is 4.50. The number of carbonyl (C=O) groups is 3. The Bertz CT molecular complexity index is 1060. The van der Waals surface area contributed by atoms with Crippen molar-refractivity contribution in [3.05, 3.63) is 72.9 Å². The summed E-state index contributed by atoms with van der Waals surface area (Å²) in [6.45, 7) is 4.33. The number of nitrogens with zero attached hydrogens (tertiary/aromatic N) is 1. The maximum atomic E-state index is 12.6. The molecule has 0 radical (unpaired) electrons. The zero-order valence-corrected chi connectivity index (χ0v) is 32.7. The summed E-state index contributed by atoms with van der Waals surface area (Å²) in [4.78, 5) is 36.7. The fourth-order valence-electron chi connectivity index (χ4n) is 5.18. The first-order chi connectivity index (χ1) is 24.6. The normalized spacial score (nSPS) is 13.8. The first kappa shape index (κ1) is 47.8. The molecule has 0 aromatic rings. The highest BCUT2D eigenvalue weighted by Crippen LogP contribution is 2.12. The molecule has 0 bridgehead atoms. The highest BCUT2D eigenvalue weighted by Gasteiger charge is 2.25. The van der Waals surface area contributed by atoms with Crippen LogP contribution in [0.1, 0.15) is 129 Å². The van der Waals surface area contributed by atoms with E-state index in [0.29, 0.717) is 12.8 Å². The highest BCUT2D eigenvalue weighted by molar-refractivity contribution is 5.70. The maximum Gasteiger partial charge on any atom is 0.306 e. The fourth-order valence-corrected chi connectivity index (χ4v) is 5.18. The number of esters is 2. The number of quaternary nitrogens is 1. The smallest absolute Gasteiger partial charge is 0.306 e. The minimum atomic E-state index is -1.14. The van der Waals surface area contributed by atoms with Crippen molar-refractivity contribution in [2.24, 2.45) is 0 Å². The summed E-state index contributed by atoms with van der Waals surface area (Å²) in [6.07, 6.45) is 40.7. The summed E-state index contributed by atoms with van der Waals surface area (Å²) in [5, 5.41) is 11.6. The molecule has 0 aliphatic heterocycles. The molecular formula is C43H71NO7. The van der Waals surface area contributed by atoms with Gasteiger partial charge in [0.15, 0.2) is 6.10 Å². The van der Waals surface area contributed by atoms with E-state index in [4.69, 9.17) is 14.2 Å². The van der Waals surface area contributed by atoms with Crippen LogP contribution < -0.4 is 5.11 Å². The Morgan fingerprint density at radius 2 is 1.14 bits per heavy atom. The van der Waals surface area contributed by atoms with Crippen LogP contribution in [0, 0.1) is 0 Å². The molecule has 2 atom stereocenters. The molecular weight excluding hydrogens is 642 g/mol. The number of allylic oxidation sites excluding steroid dienone is 12. The van der Waals surface area contributed by atoms with E-state index in [9.17, 15) is 19.5 Å². The van der Waals surface area contributed by atoms with E-state index in [0.717, 1.165) is 64.2 Å². The number of rotatable bonds is 33. The Morgan fingerprint density at radius 1 is 0.608 bits per heavy atom. The van der Waals surface area contributed by atoms with E-state index in [1.165, 1.54) is 25.7 Å². The van der Waals surface area contributed by atoms with Gasteiger partial charge in [0.1, 0.15) is 12.6 Å². The molecule has 8 heteroatoms. The quantitative estimate of drug-likeness (QED) is 0.0221. The largest absolute Gasteiger partial charge is 0.544 e. The molecule has 0 N–H and O–H groups in total. The molecule has 8 nitrogen and oxygen atoms in total. The van der Waals surface area contributed by atoms with Gasteiger partial charge in [0, 0.05) is 19.3 Å². The highest BCUT2D eigenvalue weighted by atomic mass is 16.6. The molecule has 0 fully saturated rings. The molecule has 0 heterocycles. The van der Waals surface area contributed by atoms with Gasteiger partial charge < -0.3 is 28.6 Å². The van der Waals surface area contributed by atoms with Gasteiger partial charge in [0.05, 0.1) is 40.3 Å². The van der Waals surface area contributed by atoms with Gasteiger partial charge in [-0.2, -0.15) is 0 Å². The lowest BCUT2D eigenvalue weighted by Gasteiger charge is -2.34. The minimum Gasteiger partial charge on any atom is -0.544 e. The Labute approximate surface area is 311 Å². The number of carboxylic acids is 1.